The molecule has 0 aromatic heterocycles. The third-order valence-corrected chi connectivity index (χ3v) is 4.30. The average molecular weight is 228 g/mol. The number of ether oxygens (including phenoxy) is 1. The summed E-state index contributed by atoms with van der Waals surface area (Å²) in [5.74, 6) is 0.706. The van der Waals surface area contributed by atoms with Crippen molar-refractivity contribution in [1.82, 2.24) is 4.90 Å². The second-order valence-corrected chi connectivity index (χ2v) is 5.07. The normalized spacial score (nSPS) is 30.9. The monoisotopic (exact) mass is 228 g/mol. The topological polar surface area (TPSA) is 38.5 Å². The van der Waals surface area contributed by atoms with Crippen molar-refractivity contribution in [2.24, 2.45) is 11.7 Å². The summed E-state index contributed by atoms with van der Waals surface area (Å²) in [6.45, 7) is 7.79. The van der Waals surface area contributed by atoms with Gasteiger partial charge in [-0.1, -0.05) is 19.8 Å². The molecular formula is C13H28N2O. The lowest BCUT2D eigenvalue weighted by atomic mass is 9.72. The summed E-state index contributed by atoms with van der Waals surface area (Å²) in [4.78, 5) is 2.44. The molecule has 0 aromatic rings. The predicted molar refractivity (Wildman–Crippen MR) is 68.5 cm³/mol. The zero-order valence-corrected chi connectivity index (χ0v) is 11.2. The summed E-state index contributed by atoms with van der Waals surface area (Å²) < 4.78 is 5.44. The molecule has 0 spiro atoms. The highest BCUT2D eigenvalue weighted by Gasteiger charge is 2.39. The molecule has 0 heterocycles. The molecule has 1 aliphatic carbocycles. The Hall–Kier alpha value is -0.120. The third kappa shape index (κ3) is 2.96. The lowest BCUT2D eigenvalue weighted by molar-refractivity contribution is 0.0114. The van der Waals surface area contributed by atoms with E-state index in [4.69, 9.17) is 10.5 Å². The third-order valence-electron chi connectivity index (χ3n) is 4.30. The van der Waals surface area contributed by atoms with Crippen molar-refractivity contribution >= 4 is 0 Å². The molecule has 0 aliphatic heterocycles. The summed E-state index contributed by atoms with van der Waals surface area (Å²) in [5.41, 5.74) is 6.27. The van der Waals surface area contributed by atoms with E-state index in [1.54, 1.807) is 0 Å². The number of hydrogen-bond donors (Lipinski definition) is 1. The van der Waals surface area contributed by atoms with Crippen molar-refractivity contribution < 1.29 is 4.74 Å². The van der Waals surface area contributed by atoms with E-state index >= 15 is 0 Å². The maximum absolute atomic E-state index is 6.05. The largest absolute Gasteiger partial charge is 0.380 e. The predicted octanol–water partition coefficient (Wildman–Crippen LogP) is 1.86. The van der Waals surface area contributed by atoms with Crippen LogP contribution < -0.4 is 5.73 Å². The van der Waals surface area contributed by atoms with Gasteiger partial charge < -0.3 is 10.5 Å². The standard InChI is InChI=1S/C13H28N2O/c1-4-16-10-9-15(3)13(11-14)8-6-5-7-12(13)2/h12H,4-11,14H2,1-3H3. The smallest absolute Gasteiger partial charge is 0.0593 e. The van der Waals surface area contributed by atoms with Gasteiger partial charge >= 0.3 is 0 Å². The Morgan fingerprint density at radius 1 is 1.44 bits per heavy atom. The second-order valence-electron chi connectivity index (χ2n) is 5.07. The van der Waals surface area contributed by atoms with Crippen molar-refractivity contribution in [1.29, 1.82) is 0 Å². The van der Waals surface area contributed by atoms with Gasteiger partial charge in [0.1, 0.15) is 0 Å². The molecule has 3 nitrogen and oxygen atoms in total. The molecule has 3 heteroatoms. The maximum Gasteiger partial charge on any atom is 0.0593 e. The van der Waals surface area contributed by atoms with Crippen LogP contribution in [-0.2, 0) is 4.74 Å². The Labute approximate surface area is 100 Å². The van der Waals surface area contributed by atoms with E-state index in [1.807, 2.05) is 6.92 Å². The second kappa shape index (κ2) is 6.58. The Kier molecular flexibility index (Phi) is 5.73. The van der Waals surface area contributed by atoms with Gasteiger partial charge in [-0.05, 0) is 32.7 Å². The minimum absolute atomic E-state index is 0.218. The lowest BCUT2D eigenvalue weighted by Gasteiger charge is -2.48. The van der Waals surface area contributed by atoms with Crippen molar-refractivity contribution in [3.63, 3.8) is 0 Å². The van der Waals surface area contributed by atoms with Crippen LogP contribution in [0.2, 0.25) is 0 Å². The molecule has 2 N–H and O–H groups in total. The van der Waals surface area contributed by atoms with Crippen LogP contribution in [-0.4, -0.2) is 43.8 Å². The lowest BCUT2D eigenvalue weighted by Crippen LogP contribution is -2.58. The number of nitrogens with zero attached hydrogens (tertiary/aromatic N) is 1. The molecule has 0 aromatic carbocycles. The van der Waals surface area contributed by atoms with Crippen LogP contribution >= 0.6 is 0 Å². The molecule has 2 unspecified atom stereocenters. The first-order valence-corrected chi connectivity index (χ1v) is 6.66. The first kappa shape index (κ1) is 13.9. The van der Waals surface area contributed by atoms with E-state index in [9.17, 15) is 0 Å². The molecular weight excluding hydrogens is 200 g/mol. The Morgan fingerprint density at radius 3 is 2.75 bits per heavy atom. The van der Waals surface area contributed by atoms with Crippen LogP contribution in [0.1, 0.15) is 39.5 Å². The van der Waals surface area contributed by atoms with Crippen LogP contribution in [0.5, 0.6) is 0 Å². The molecule has 1 rings (SSSR count). The quantitative estimate of drug-likeness (QED) is 0.705. The van der Waals surface area contributed by atoms with E-state index < -0.39 is 0 Å². The van der Waals surface area contributed by atoms with Crippen LogP contribution in [0.3, 0.4) is 0 Å². The summed E-state index contributed by atoms with van der Waals surface area (Å²) in [6, 6.07) is 0. The highest BCUT2D eigenvalue weighted by molar-refractivity contribution is 4.97. The molecule has 1 aliphatic rings. The molecule has 16 heavy (non-hydrogen) atoms. The molecule has 1 fully saturated rings. The van der Waals surface area contributed by atoms with Crippen LogP contribution in [0.15, 0.2) is 0 Å². The van der Waals surface area contributed by atoms with Gasteiger partial charge in [-0.2, -0.15) is 0 Å². The van der Waals surface area contributed by atoms with Crippen LogP contribution in [0.4, 0.5) is 0 Å². The van der Waals surface area contributed by atoms with Crippen molar-refractivity contribution in [2.45, 2.75) is 45.1 Å². The van der Waals surface area contributed by atoms with Gasteiger partial charge in [0.2, 0.25) is 0 Å². The van der Waals surface area contributed by atoms with Gasteiger partial charge in [-0.3, -0.25) is 4.90 Å². The number of hydrogen-bond acceptors (Lipinski definition) is 3. The SMILES string of the molecule is CCOCCN(C)C1(CN)CCCCC1C. The van der Waals surface area contributed by atoms with E-state index in [0.717, 1.165) is 26.3 Å². The zero-order chi connectivity index (χ0) is 12.0. The van der Waals surface area contributed by atoms with Crippen molar-refractivity contribution in [3.8, 4) is 0 Å². The molecule has 0 bridgehead atoms. The molecule has 0 amide bonds. The van der Waals surface area contributed by atoms with E-state index in [0.29, 0.717) is 5.92 Å². The van der Waals surface area contributed by atoms with Gasteiger partial charge in [0.25, 0.3) is 0 Å². The fourth-order valence-corrected chi connectivity index (χ4v) is 2.99. The van der Waals surface area contributed by atoms with Crippen LogP contribution in [0, 0.1) is 5.92 Å². The van der Waals surface area contributed by atoms with Gasteiger partial charge in [0.05, 0.1) is 6.61 Å². The molecule has 2 atom stereocenters. The van der Waals surface area contributed by atoms with E-state index in [2.05, 4.69) is 18.9 Å². The highest BCUT2D eigenvalue weighted by atomic mass is 16.5. The molecule has 96 valence electrons. The molecule has 1 saturated carbocycles. The first-order chi connectivity index (χ1) is 7.67. The fourth-order valence-electron chi connectivity index (χ4n) is 2.99. The van der Waals surface area contributed by atoms with Crippen LogP contribution in [0.25, 0.3) is 0 Å². The Morgan fingerprint density at radius 2 is 2.19 bits per heavy atom. The number of nitrogens with two attached hydrogens (primary N) is 1. The number of likely N-dealkylation sites (N-methyl/N-ethyl adjacent to an activating group) is 1. The number of rotatable bonds is 6. The van der Waals surface area contributed by atoms with E-state index in [-0.39, 0.29) is 5.54 Å². The van der Waals surface area contributed by atoms with Gasteiger partial charge in [-0.25, -0.2) is 0 Å². The van der Waals surface area contributed by atoms with E-state index in [1.165, 1.54) is 25.7 Å². The summed E-state index contributed by atoms with van der Waals surface area (Å²) in [7, 11) is 2.20. The van der Waals surface area contributed by atoms with Gasteiger partial charge in [-0.15, -0.1) is 0 Å². The highest BCUT2D eigenvalue weighted by Crippen LogP contribution is 2.36. The van der Waals surface area contributed by atoms with Gasteiger partial charge in [0.15, 0.2) is 0 Å². The summed E-state index contributed by atoms with van der Waals surface area (Å²) in [5, 5.41) is 0. The van der Waals surface area contributed by atoms with Crippen molar-refractivity contribution in [3.05, 3.63) is 0 Å². The minimum atomic E-state index is 0.218. The Balaban J connectivity index is 2.55. The van der Waals surface area contributed by atoms with Crippen molar-refractivity contribution in [2.75, 3.05) is 33.4 Å². The molecule has 0 saturated heterocycles. The zero-order valence-electron chi connectivity index (χ0n) is 11.2. The fraction of sp³-hybridized carbons (Fsp3) is 1.00. The maximum atomic E-state index is 6.05. The minimum Gasteiger partial charge on any atom is -0.380 e. The summed E-state index contributed by atoms with van der Waals surface area (Å²) >= 11 is 0. The van der Waals surface area contributed by atoms with Gasteiger partial charge in [0, 0.05) is 25.2 Å². The first-order valence-electron chi connectivity index (χ1n) is 6.66. The summed E-state index contributed by atoms with van der Waals surface area (Å²) in [6.07, 6.45) is 5.24. The molecule has 0 radical (unpaired) electrons. The Bertz CT molecular complexity index is 198. The average Bonchev–Trinajstić information content (AvgIpc) is 2.30.